The lowest BCUT2D eigenvalue weighted by Crippen LogP contribution is -2.14. The SMILES string of the molecule is C=C(COC)C(=O)Oc1ccc(-c2ccc(-c3ccc(OC(=O)C(=C)COC)cc3-c3ccc(CCCCC)cc3)cc2)cc1. The first-order valence-corrected chi connectivity index (χ1v) is 15.0. The van der Waals surface area contributed by atoms with Gasteiger partial charge in [0.15, 0.2) is 0 Å². The average Bonchev–Trinajstić information content (AvgIpc) is 3.06. The molecule has 0 heterocycles. The van der Waals surface area contributed by atoms with Crippen LogP contribution in [-0.2, 0) is 25.5 Å². The van der Waals surface area contributed by atoms with Crippen LogP contribution < -0.4 is 9.47 Å². The molecule has 0 aromatic heterocycles. The molecule has 4 aromatic carbocycles. The van der Waals surface area contributed by atoms with Crippen molar-refractivity contribution in [2.45, 2.75) is 32.6 Å². The molecule has 6 nitrogen and oxygen atoms in total. The Labute approximate surface area is 265 Å². The van der Waals surface area contributed by atoms with Crippen LogP contribution in [0.1, 0.15) is 31.7 Å². The Morgan fingerprint density at radius 3 is 1.60 bits per heavy atom. The molecule has 0 radical (unpaired) electrons. The number of rotatable bonds is 15. The average molecular weight is 605 g/mol. The summed E-state index contributed by atoms with van der Waals surface area (Å²) in [5.41, 5.74) is 7.80. The van der Waals surface area contributed by atoms with Crippen molar-refractivity contribution in [3.63, 3.8) is 0 Å². The van der Waals surface area contributed by atoms with Crippen molar-refractivity contribution in [1.82, 2.24) is 0 Å². The Hall–Kier alpha value is -4.78. The molecule has 0 fully saturated rings. The molecule has 0 saturated carbocycles. The minimum Gasteiger partial charge on any atom is -0.423 e. The van der Waals surface area contributed by atoms with Crippen LogP contribution in [0.5, 0.6) is 11.5 Å². The van der Waals surface area contributed by atoms with Crippen LogP contribution in [0.25, 0.3) is 33.4 Å². The number of carbonyl (C=O) groups excluding carboxylic acids is 2. The maximum absolute atomic E-state index is 12.5. The Morgan fingerprint density at radius 2 is 1.04 bits per heavy atom. The molecule has 0 amide bonds. The van der Waals surface area contributed by atoms with Crippen molar-refractivity contribution < 1.29 is 28.5 Å². The summed E-state index contributed by atoms with van der Waals surface area (Å²) < 4.78 is 21.0. The molecule has 45 heavy (non-hydrogen) atoms. The molecule has 0 atom stereocenters. The van der Waals surface area contributed by atoms with Crippen LogP contribution in [0.4, 0.5) is 0 Å². The van der Waals surface area contributed by atoms with Crippen molar-refractivity contribution >= 4 is 11.9 Å². The Kier molecular flexibility index (Phi) is 12.0. The number of hydrogen-bond acceptors (Lipinski definition) is 6. The van der Waals surface area contributed by atoms with Gasteiger partial charge in [-0.3, -0.25) is 0 Å². The largest absolute Gasteiger partial charge is 0.423 e. The molecule has 4 aromatic rings. The fourth-order valence-corrected chi connectivity index (χ4v) is 4.89. The second-order valence-electron chi connectivity index (χ2n) is 10.8. The summed E-state index contributed by atoms with van der Waals surface area (Å²) >= 11 is 0. The maximum Gasteiger partial charge on any atom is 0.341 e. The predicted octanol–water partition coefficient (Wildman–Crippen LogP) is 8.64. The maximum atomic E-state index is 12.5. The summed E-state index contributed by atoms with van der Waals surface area (Å²) in [5.74, 6) is -0.167. The highest BCUT2D eigenvalue weighted by atomic mass is 16.5. The van der Waals surface area contributed by atoms with E-state index in [0.29, 0.717) is 11.5 Å². The third-order valence-corrected chi connectivity index (χ3v) is 7.34. The number of esters is 2. The van der Waals surface area contributed by atoms with Gasteiger partial charge in [0.2, 0.25) is 0 Å². The summed E-state index contributed by atoms with van der Waals surface area (Å²) in [6, 6.07) is 29.9. The molecule has 0 bridgehead atoms. The quantitative estimate of drug-likeness (QED) is 0.0585. The monoisotopic (exact) mass is 604 g/mol. The van der Waals surface area contributed by atoms with E-state index in [1.54, 1.807) is 18.2 Å². The van der Waals surface area contributed by atoms with Gasteiger partial charge in [0.1, 0.15) is 11.5 Å². The van der Waals surface area contributed by atoms with E-state index in [9.17, 15) is 9.59 Å². The number of aryl methyl sites for hydroxylation is 1. The first-order chi connectivity index (χ1) is 21.8. The smallest absolute Gasteiger partial charge is 0.341 e. The molecular weight excluding hydrogens is 564 g/mol. The summed E-state index contributed by atoms with van der Waals surface area (Å²) in [6.07, 6.45) is 4.62. The van der Waals surface area contributed by atoms with Gasteiger partial charge in [-0.05, 0) is 76.1 Å². The minimum atomic E-state index is -0.521. The number of benzene rings is 4. The number of unbranched alkanes of at least 4 members (excludes halogenated alkanes) is 2. The van der Waals surface area contributed by atoms with Gasteiger partial charge in [-0.1, -0.05) is 99.7 Å². The fraction of sp³-hybridized carbons (Fsp3) is 0.231. The van der Waals surface area contributed by atoms with E-state index in [-0.39, 0.29) is 24.4 Å². The first-order valence-electron chi connectivity index (χ1n) is 15.0. The van der Waals surface area contributed by atoms with Crippen LogP contribution in [0.2, 0.25) is 0 Å². The van der Waals surface area contributed by atoms with Crippen molar-refractivity contribution in [2.75, 3.05) is 27.4 Å². The van der Waals surface area contributed by atoms with Gasteiger partial charge in [-0.25, -0.2) is 9.59 Å². The topological polar surface area (TPSA) is 71.1 Å². The lowest BCUT2D eigenvalue weighted by atomic mass is 9.92. The molecule has 4 rings (SSSR count). The van der Waals surface area contributed by atoms with E-state index in [1.165, 1.54) is 39.0 Å². The van der Waals surface area contributed by atoms with Gasteiger partial charge < -0.3 is 18.9 Å². The molecule has 0 unspecified atom stereocenters. The van der Waals surface area contributed by atoms with Crippen LogP contribution in [0, 0.1) is 0 Å². The highest BCUT2D eigenvalue weighted by Crippen LogP contribution is 2.36. The molecule has 0 aliphatic rings. The fourth-order valence-electron chi connectivity index (χ4n) is 4.89. The lowest BCUT2D eigenvalue weighted by Gasteiger charge is -2.14. The lowest BCUT2D eigenvalue weighted by molar-refractivity contribution is -0.131. The molecule has 0 N–H and O–H groups in total. The van der Waals surface area contributed by atoms with Crippen molar-refractivity contribution in [1.29, 1.82) is 0 Å². The predicted molar refractivity (Wildman–Crippen MR) is 179 cm³/mol. The van der Waals surface area contributed by atoms with Gasteiger partial charge >= 0.3 is 11.9 Å². The van der Waals surface area contributed by atoms with Gasteiger partial charge in [-0.2, -0.15) is 0 Å². The van der Waals surface area contributed by atoms with E-state index in [1.807, 2.05) is 24.3 Å². The molecule has 6 heteroatoms. The van der Waals surface area contributed by atoms with E-state index in [4.69, 9.17) is 18.9 Å². The normalized spacial score (nSPS) is 10.7. The van der Waals surface area contributed by atoms with Gasteiger partial charge in [0.25, 0.3) is 0 Å². The third-order valence-electron chi connectivity index (χ3n) is 7.34. The number of ether oxygens (including phenoxy) is 4. The molecular formula is C39H40O6. The van der Waals surface area contributed by atoms with Crippen LogP contribution in [0.15, 0.2) is 115 Å². The van der Waals surface area contributed by atoms with Crippen LogP contribution in [0.3, 0.4) is 0 Å². The summed E-state index contributed by atoms with van der Waals surface area (Å²) in [4.78, 5) is 24.7. The highest BCUT2D eigenvalue weighted by Gasteiger charge is 2.15. The molecule has 232 valence electrons. The molecule has 0 saturated heterocycles. The van der Waals surface area contributed by atoms with Gasteiger partial charge in [-0.15, -0.1) is 0 Å². The highest BCUT2D eigenvalue weighted by molar-refractivity contribution is 5.91. The zero-order valence-electron chi connectivity index (χ0n) is 26.3. The van der Waals surface area contributed by atoms with E-state index >= 15 is 0 Å². The summed E-state index contributed by atoms with van der Waals surface area (Å²) in [5, 5.41) is 0. The van der Waals surface area contributed by atoms with E-state index in [2.05, 4.69) is 68.6 Å². The Morgan fingerprint density at radius 1 is 0.578 bits per heavy atom. The number of carbonyl (C=O) groups is 2. The molecule has 0 aliphatic carbocycles. The number of methoxy groups -OCH3 is 2. The Balaban J connectivity index is 1.59. The van der Waals surface area contributed by atoms with E-state index < -0.39 is 11.9 Å². The minimum absolute atomic E-state index is 0.105. The molecule has 0 aliphatic heterocycles. The van der Waals surface area contributed by atoms with Crippen molar-refractivity contribution in [3.8, 4) is 44.9 Å². The van der Waals surface area contributed by atoms with Crippen molar-refractivity contribution in [3.05, 3.63) is 121 Å². The zero-order chi connectivity index (χ0) is 32.2. The van der Waals surface area contributed by atoms with Crippen LogP contribution in [-0.4, -0.2) is 39.4 Å². The third kappa shape index (κ3) is 9.11. The van der Waals surface area contributed by atoms with E-state index in [0.717, 1.165) is 39.8 Å². The standard InChI is InChI=1S/C39H40O6/c1-6-7-8-9-29-10-12-33(13-11-29)37-24-35(45-39(41)28(3)26-43-5)22-23-36(37)32-16-14-30(15-17-32)31-18-20-34(21-19-31)44-38(40)27(2)25-42-4/h10-24H,2-3,6-9,25-26H2,1,4-5H3. The van der Waals surface area contributed by atoms with Gasteiger partial charge in [0.05, 0.1) is 24.4 Å². The number of hydrogen-bond donors (Lipinski definition) is 0. The zero-order valence-corrected chi connectivity index (χ0v) is 26.3. The second-order valence-corrected chi connectivity index (χ2v) is 10.8. The second kappa shape index (κ2) is 16.3. The first kappa shape index (κ1) is 33.1. The Bertz CT molecular complexity index is 1620. The molecule has 0 spiro atoms. The summed E-state index contributed by atoms with van der Waals surface area (Å²) in [6.45, 7) is 9.88. The summed E-state index contributed by atoms with van der Waals surface area (Å²) in [7, 11) is 3.01. The van der Waals surface area contributed by atoms with Crippen LogP contribution >= 0.6 is 0 Å². The van der Waals surface area contributed by atoms with Gasteiger partial charge in [0, 0.05) is 14.2 Å². The van der Waals surface area contributed by atoms with Crippen molar-refractivity contribution in [2.24, 2.45) is 0 Å².